The molecular formula is C14H27NOS. The second-order valence-corrected chi connectivity index (χ2v) is 7.21. The predicted octanol–water partition coefficient (Wildman–Crippen LogP) is 2.95. The Kier molecular flexibility index (Phi) is 5.19. The molecular weight excluding hydrogens is 230 g/mol. The second-order valence-electron chi connectivity index (χ2n) is 5.76. The van der Waals surface area contributed by atoms with Crippen LogP contribution in [0.1, 0.15) is 58.3 Å². The fraction of sp³-hybridized carbons (Fsp3) is 1.00. The lowest BCUT2D eigenvalue weighted by molar-refractivity contribution is 0.130. The van der Waals surface area contributed by atoms with Crippen LogP contribution in [0.25, 0.3) is 0 Å². The second kappa shape index (κ2) is 6.44. The summed E-state index contributed by atoms with van der Waals surface area (Å²) in [6.07, 6.45) is 10.5. The van der Waals surface area contributed by atoms with Crippen LogP contribution in [0, 0.1) is 0 Å². The van der Waals surface area contributed by atoms with Crippen molar-refractivity contribution in [3.63, 3.8) is 0 Å². The number of hydrogen-bond donors (Lipinski definition) is 2. The first-order valence-corrected chi connectivity index (χ1v) is 8.32. The smallest absolute Gasteiger partial charge is 0.0624 e. The molecule has 2 N–H and O–H groups in total. The number of thioether (sulfide) groups is 1. The number of aliphatic hydroxyl groups is 1. The van der Waals surface area contributed by atoms with Crippen molar-refractivity contribution in [3.05, 3.63) is 0 Å². The van der Waals surface area contributed by atoms with E-state index in [-0.39, 0.29) is 5.54 Å². The van der Waals surface area contributed by atoms with Crippen molar-refractivity contribution in [2.75, 3.05) is 12.4 Å². The Labute approximate surface area is 110 Å². The Morgan fingerprint density at radius 1 is 1.18 bits per heavy atom. The van der Waals surface area contributed by atoms with Crippen molar-refractivity contribution in [1.82, 2.24) is 5.32 Å². The van der Waals surface area contributed by atoms with Gasteiger partial charge in [0.25, 0.3) is 0 Å². The van der Waals surface area contributed by atoms with Crippen molar-refractivity contribution in [3.8, 4) is 0 Å². The molecule has 2 aliphatic rings. The first-order valence-electron chi connectivity index (χ1n) is 7.27. The molecule has 1 saturated carbocycles. The van der Waals surface area contributed by atoms with Gasteiger partial charge in [-0.2, -0.15) is 11.8 Å². The summed E-state index contributed by atoms with van der Waals surface area (Å²) < 4.78 is 0. The standard InChI is InChI=1S/C14H27NOS/c1-12-14(11-16,9-6-10-17-12)15-13-7-4-2-3-5-8-13/h12-13,15-16H,2-11H2,1H3. The minimum absolute atomic E-state index is 0.00206. The summed E-state index contributed by atoms with van der Waals surface area (Å²) in [7, 11) is 0. The highest BCUT2D eigenvalue weighted by molar-refractivity contribution is 8.00. The van der Waals surface area contributed by atoms with Crippen LogP contribution in [0.4, 0.5) is 0 Å². The molecule has 2 rings (SSSR count). The zero-order chi connectivity index (χ0) is 12.1. The first-order chi connectivity index (χ1) is 8.27. The molecule has 0 aromatic heterocycles. The molecule has 2 unspecified atom stereocenters. The van der Waals surface area contributed by atoms with Gasteiger partial charge >= 0.3 is 0 Å². The van der Waals surface area contributed by atoms with Crippen LogP contribution in [0.15, 0.2) is 0 Å². The quantitative estimate of drug-likeness (QED) is 0.763. The van der Waals surface area contributed by atoms with Gasteiger partial charge in [-0.25, -0.2) is 0 Å². The summed E-state index contributed by atoms with van der Waals surface area (Å²) in [4.78, 5) is 0. The van der Waals surface area contributed by atoms with E-state index in [0.29, 0.717) is 17.9 Å². The van der Waals surface area contributed by atoms with Crippen molar-refractivity contribution in [1.29, 1.82) is 0 Å². The lowest BCUT2D eigenvalue weighted by atomic mass is 9.88. The third-order valence-electron chi connectivity index (χ3n) is 4.54. The number of aliphatic hydroxyl groups excluding tert-OH is 1. The number of nitrogens with one attached hydrogen (secondary N) is 1. The molecule has 2 nitrogen and oxygen atoms in total. The molecule has 0 aromatic carbocycles. The lowest BCUT2D eigenvalue weighted by Gasteiger charge is -2.44. The summed E-state index contributed by atoms with van der Waals surface area (Å²) in [6, 6.07) is 0.644. The van der Waals surface area contributed by atoms with Crippen molar-refractivity contribution < 1.29 is 5.11 Å². The Hall–Kier alpha value is 0.270. The van der Waals surface area contributed by atoms with E-state index in [2.05, 4.69) is 12.2 Å². The van der Waals surface area contributed by atoms with Crippen LogP contribution in [0.2, 0.25) is 0 Å². The van der Waals surface area contributed by atoms with Crippen LogP contribution in [-0.4, -0.2) is 34.3 Å². The molecule has 0 bridgehead atoms. The molecule has 1 saturated heterocycles. The maximum Gasteiger partial charge on any atom is 0.0624 e. The molecule has 1 heterocycles. The monoisotopic (exact) mass is 257 g/mol. The highest BCUT2D eigenvalue weighted by Crippen LogP contribution is 2.35. The van der Waals surface area contributed by atoms with Crippen LogP contribution >= 0.6 is 11.8 Å². The first kappa shape index (κ1) is 13.7. The van der Waals surface area contributed by atoms with E-state index in [1.807, 2.05) is 11.8 Å². The normalized spacial score (nSPS) is 36.7. The molecule has 100 valence electrons. The van der Waals surface area contributed by atoms with Crippen LogP contribution in [0.5, 0.6) is 0 Å². The Morgan fingerprint density at radius 2 is 1.88 bits per heavy atom. The Balaban J connectivity index is 1.96. The van der Waals surface area contributed by atoms with E-state index in [4.69, 9.17) is 0 Å². The van der Waals surface area contributed by atoms with E-state index in [1.165, 1.54) is 50.7 Å². The fourth-order valence-electron chi connectivity index (χ4n) is 3.28. The van der Waals surface area contributed by atoms with Gasteiger partial charge in [0.05, 0.1) is 12.1 Å². The van der Waals surface area contributed by atoms with E-state index in [1.54, 1.807) is 0 Å². The van der Waals surface area contributed by atoms with Crippen LogP contribution < -0.4 is 5.32 Å². The topological polar surface area (TPSA) is 32.3 Å². The van der Waals surface area contributed by atoms with E-state index < -0.39 is 0 Å². The molecule has 17 heavy (non-hydrogen) atoms. The highest BCUT2D eigenvalue weighted by Gasteiger charge is 2.39. The van der Waals surface area contributed by atoms with Gasteiger partial charge in [-0.15, -0.1) is 0 Å². The summed E-state index contributed by atoms with van der Waals surface area (Å²) in [6.45, 7) is 2.58. The molecule has 2 fully saturated rings. The maximum atomic E-state index is 9.84. The molecule has 0 radical (unpaired) electrons. The van der Waals surface area contributed by atoms with Gasteiger partial charge in [0, 0.05) is 11.3 Å². The van der Waals surface area contributed by atoms with E-state index in [0.717, 1.165) is 6.42 Å². The van der Waals surface area contributed by atoms with Crippen LogP contribution in [-0.2, 0) is 0 Å². The van der Waals surface area contributed by atoms with Gasteiger partial charge < -0.3 is 10.4 Å². The van der Waals surface area contributed by atoms with Gasteiger partial charge in [0.2, 0.25) is 0 Å². The van der Waals surface area contributed by atoms with Gasteiger partial charge in [-0.3, -0.25) is 0 Å². The third kappa shape index (κ3) is 3.39. The average molecular weight is 257 g/mol. The van der Waals surface area contributed by atoms with Crippen molar-refractivity contribution in [2.24, 2.45) is 0 Å². The van der Waals surface area contributed by atoms with Crippen LogP contribution in [0.3, 0.4) is 0 Å². The molecule has 0 amide bonds. The summed E-state index contributed by atoms with van der Waals surface area (Å²) in [5.74, 6) is 1.26. The molecule has 1 aliphatic carbocycles. The number of rotatable bonds is 3. The fourth-order valence-corrected chi connectivity index (χ4v) is 4.53. The van der Waals surface area contributed by atoms with Crippen molar-refractivity contribution in [2.45, 2.75) is 75.1 Å². The summed E-state index contributed by atoms with van der Waals surface area (Å²) >= 11 is 2.02. The Morgan fingerprint density at radius 3 is 2.47 bits per heavy atom. The molecule has 1 aliphatic heterocycles. The highest BCUT2D eigenvalue weighted by atomic mass is 32.2. The van der Waals surface area contributed by atoms with Gasteiger partial charge in [-0.1, -0.05) is 32.6 Å². The maximum absolute atomic E-state index is 9.84. The number of hydrogen-bond acceptors (Lipinski definition) is 3. The Bertz CT molecular complexity index is 228. The van der Waals surface area contributed by atoms with E-state index >= 15 is 0 Å². The summed E-state index contributed by atoms with van der Waals surface area (Å²) in [5.41, 5.74) is -0.00206. The third-order valence-corrected chi connectivity index (χ3v) is 6.02. The zero-order valence-corrected chi connectivity index (χ0v) is 11.9. The lowest BCUT2D eigenvalue weighted by Crippen LogP contribution is -2.60. The van der Waals surface area contributed by atoms with Gasteiger partial charge in [-0.05, 0) is 31.4 Å². The minimum Gasteiger partial charge on any atom is -0.394 e. The molecule has 0 aromatic rings. The SMILES string of the molecule is CC1SCCCC1(CO)NC1CCCCCC1. The average Bonchev–Trinajstić information content (AvgIpc) is 2.61. The summed E-state index contributed by atoms with van der Waals surface area (Å²) in [5, 5.41) is 14.2. The molecule has 3 heteroatoms. The molecule has 2 atom stereocenters. The minimum atomic E-state index is -0.00206. The predicted molar refractivity (Wildman–Crippen MR) is 75.6 cm³/mol. The molecule has 0 spiro atoms. The van der Waals surface area contributed by atoms with E-state index in [9.17, 15) is 5.11 Å². The van der Waals surface area contributed by atoms with Crippen molar-refractivity contribution >= 4 is 11.8 Å². The largest absolute Gasteiger partial charge is 0.394 e. The zero-order valence-electron chi connectivity index (χ0n) is 11.1. The van der Waals surface area contributed by atoms with Gasteiger partial charge in [0.15, 0.2) is 0 Å². The van der Waals surface area contributed by atoms with Gasteiger partial charge in [0.1, 0.15) is 0 Å².